The number of methoxy groups -OCH3 is 1. The first-order valence-corrected chi connectivity index (χ1v) is 9.43. The summed E-state index contributed by atoms with van der Waals surface area (Å²) in [5.74, 6) is 0.688. The van der Waals surface area contributed by atoms with E-state index in [4.69, 9.17) is 9.72 Å². The zero-order valence-electron chi connectivity index (χ0n) is 13.8. The summed E-state index contributed by atoms with van der Waals surface area (Å²) in [7, 11) is 3.64. The summed E-state index contributed by atoms with van der Waals surface area (Å²) in [6.45, 7) is 0.392. The maximum atomic E-state index is 5.23. The van der Waals surface area contributed by atoms with E-state index >= 15 is 0 Å². The monoisotopic (exact) mass is 368 g/mol. The van der Waals surface area contributed by atoms with Crippen molar-refractivity contribution in [3.05, 3.63) is 53.9 Å². The molecular formula is C18H16N4OS2. The van der Waals surface area contributed by atoms with Crippen molar-refractivity contribution in [2.24, 2.45) is 7.05 Å². The van der Waals surface area contributed by atoms with Gasteiger partial charge in [0.05, 0.1) is 5.39 Å². The molecule has 0 bridgehead atoms. The molecule has 7 heteroatoms. The highest BCUT2D eigenvalue weighted by Crippen LogP contribution is 2.40. The number of thiophene rings is 1. The fraction of sp³-hybridized carbons (Fsp3) is 0.167. The quantitative estimate of drug-likeness (QED) is 0.489. The number of imidazole rings is 1. The molecule has 126 valence electrons. The van der Waals surface area contributed by atoms with E-state index in [1.165, 1.54) is 5.56 Å². The summed E-state index contributed by atoms with van der Waals surface area (Å²) in [5.41, 5.74) is 2.32. The third kappa shape index (κ3) is 3.18. The van der Waals surface area contributed by atoms with Gasteiger partial charge in [-0.2, -0.15) is 0 Å². The Morgan fingerprint density at radius 3 is 2.76 bits per heavy atom. The third-order valence-electron chi connectivity index (χ3n) is 3.77. The van der Waals surface area contributed by atoms with Gasteiger partial charge in [0, 0.05) is 37.5 Å². The van der Waals surface area contributed by atoms with Crippen molar-refractivity contribution < 1.29 is 4.74 Å². The standard InChI is InChI=1S/C18H16N4OS2/c1-22-9-8-19-18(22)25-17-15-13(12-6-4-3-5-7-12)11-24-16(15)20-14(21-17)10-23-2/h3-9,11H,10H2,1-2H3. The average Bonchev–Trinajstić information content (AvgIpc) is 3.23. The van der Waals surface area contributed by atoms with E-state index in [1.54, 1.807) is 36.4 Å². The Hall–Kier alpha value is -2.22. The van der Waals surface area contributed by atoms with Gasteiger partial charge in [-0.05, 0) is 17.3 Å². The highest BCUT2D eigenvalue weighted by molar-refractivity contribution is 7.99. The van der Waals surface area contributed by atoms with E-state index in [0.29, 0.717) is 12.4 Å². The maximum Gasteiger partial charge on any atom is 0.174 e. The van der Waals surface area contributed by atoms with Gasteiger partial charge in [-0.25, -0.2) is 15.0 Å². The van der Waals surface area contributed by atoms with E-state index in [1.807, 2.05) is 36.0 Å². The molecule has 1 aromatic carbocycles. The van der Waals surface area contributed by atoms with Crippen LogP contribution in [0.3, 0.4) is 0 Å². The van der Waals surface area contributed by atoms with Crippen molar-refractivity contribution in [1.29, 1.82) is 0 Å². The van der Waals surface area contributed by atoms with E-state index in [0.717, 1.165) is 26.0 Å². The van der Waals surface area contributed by atoms with E-state index in [-0.39, 0.29) is 0 Å². The van der Waals surface area contributed by atoms with Gasteiger partial charge in [0.25, 0.3) is 0 Å². The summed E-state index contributed by atoms with van der Waals surface area (Å²) >= 11 is 3.19. The summed E-state index contributed by atoms with van der Waals surface area (Å²) in [6, 6.07) is 10.3. The predicted octanol–water partition coefficient (Wildman–Crippen LogP) is 4.39. The Morgan fingerprint density at radius 2 is 2.04 bits per heavy atom. The number of hydrogen-bond donors (Lipinski definition) is 0. The lowest BCUT2D eigenvalue weighted by Crippen LogP contribution is -1.99. The largest absolute Gasteiger partial charge is 0.377 e. The van der Waals surface area contributed by atoms with Crippen molar-refractivity contribution in [2.75, 3.05) is 7.11 Å². The predicted molar refractivity (Wildman–Crippen MR) is 101 cm³/mol. The molecule has 0 amide bonds. The summed E-state index contributed by atoms with van der Waals surface area (Å²) in [6.07, 6.45) is 3.73. The van der Waals surface area contributed by atoms with Crippen LogP contribution in [-0.4, -0.2) is 26.6 Å². The number of rotatable bonds is 5. The van der Waals surface area contributed by atoms with Crippen LogP contribution in [-0.2, 0) is 18.4 Å². The summed E-state index contributed by atoms with van der Waals surface area (Å²) in [5, 5.41) is 5.03. The Balaban J connectivity index is 1.90. The van der Waals surface area contributed by atoms with Crippen molar-refractivity contribution in [3.63, 3.8) is 0 Å². The van der Waals surface area contributed by atoms with Gasteiger partial charge in [0.2, 0.25) is 0 Å². The van der Waals surface area contributed by atoms with Crippen LogP contribution in [0.25, 0.3) is 21.3 Å². The van der Waals surface area contributed by atoms with Gasteiger partial charge < -0.3 is 9.30 Å². The van der Waals surface area contributed by atoms with Crippen molar-refractivity contribution in [1.82, 2.24) is 19.5 Å². The molecule has 4 rings (SSSR count). The van der Waals surface area contributed by atoms with Crippen LogP contribution in [0, 0.1) is 0 Å². The normalized spacial score (nSPS) is 11.3. The maximum absolute atomic E-state index is 5.23. The molecule has 3 heterocycles. The molecule has 4 aromatic rings. The summed E-state index contributed by atoms with van der Waals surface area (Å²) < 4.78 is 7.22. The lowest BCUT2D eigenvalue weighted by Gasteiger charge is -2.08. The molecule has 0 spiro atoms. The number of benzene rings is 1. The fourth-order valence-corrected chi connectivity index (χ4v) is 4.57. The minimum absolute atomic E-state index is 0.392. The molecule has 0 aliphatic rings. The minimum atomic E-state index is 0.392. The highest BCUT2D eigenvalue weighted by atomic mass is 32.2. The Bertz CT molecular complexity index is 1010. The third-order valence-corrected chi connectivity index (χ3v) is 5.71. The van der Waals surface area contributed by atoms with Crippen LogP contribution in [0.15, 0.2) is 58.3 Å². The molecule has 0 saturated heterocycles. The molecule has 5 nitrogen and oxygen atoms in total. The molecule has 0 aliphatic carbocycles. The topological polar surface area (TPSA) is 52.8 Å². The average molecular weight is 368 g/mol. The van der Waals surface area contributed by atoms with Crippen molar-refractivity contribution >= 4 is 33.3 Å². The first-order chi connectivity index (χ1) is 12.3. The van der Waals surface area contributed by atoms with Gasteiger partial charge in [0.1, 0.15) is 16.5 Å². The Labute approximate surface area is 153 Å². The van der Waals surface area contributed by atoms with E-state index in [9.17, 15) is 0 Å². The minimum Gasteiger partial charge on any atom is -0.377 e. The van der Waals surface area contributed by atoms with Crippen LogP contribution < -0.4 is 0 Å². The molecule has 0 saturated carbocycles. The second-order valence-electron chi connectivity index (χ2n) is 5.50. The first kappa shape index (κ1) is 16.3. The zero-order valence-corrected chi connectivity index (χ0v) is 15.5. The van der Waals surface area contributed by atoms with Gasteiger partial charge in [-0.1, -0.05) is 30.3 Å². The van der Waals surface area contributed by atoms with E-state index < -0.39 is 0 Å². The molecule has 0 fully saturated rings. The fourth-order valence-electron chi connectivity index (χ4n) is 2.59. The highest BCUT2D eigenvalue weighted by Gasteiger charge is 2.17. The number of aryl methyl sites for hydroxylation is 1. The number of ether oxygens (including phenoxy) is 1. The molecule has 0 radical (unpaired) electrons. The Kier molecular flexibility index (Phi) is 4.52. The number of fused-ring (bicyclic) bond motifs is 1. The lowest BCUT2D eigenvalue weighted by atomic mass is 10.1. The number of nitrogens with zero attached hydrogens (tertiary/aromatic N) is 4. The molecule has 0 N–H and O–H groups in total. The summed E-state index contributed by atoms with van der Waals surface area (Å²) in [4.78, 5) is 14.8. The Morgan fingerprint density at radius 1 is 1.20 bits per heavy atom. The van der Waals surface area contributed by atoms with Crippen molar-refractivity contribution in [2.45, 2.75) is 16.8 Å². The van der Waals surface area contributed by atoms with Gasteiger partial charge in [0.15, 0.2) is 11.0 Å². The molecule has 0 atom stereocenters. The number of aromatic nitrogens is 4. The molecule has 3 aromatic heterocycles. The smallest absolute Gasteiger partial charge is 0.174 e. The molecular weight excluding hydrogens is 352 g/mol. The number of hydrogen-bond acceptors (Lipinski definition) is 6. The van der Waals surface area contributed by atoms with Crippen LogP contribution in [0.5, 0.6) is 0 Å². The van der Waals surface area contributed by atoms with Crippen LogP contribution >= 0.6 is 23.1 Å². The first-order valence-electron chi connectivity index (χ1n) is 7.74. The second kappa shape index (κ2) is 6.95. The van der Waals surface area contributed by atoms with Crippen LogP contribution in [0.1, 0.15) is 5.82 Å². The van der Waals surface area contributed by atoms with E-state index in [2.05, 4.69) is 27.5 Å². The van der Waals surface area contributed by atoms with Gasteiger partial charge in [-0.3, -0.25) is 0 Å². The SMILES string of the molecule is COCc1nc(Sc2nccn2C)c2c(-c3ccccc3)csc2n1. The second-order valence-corrected chi connectivity index (χ2v) is 7.31. The van der Waals surface area contributed by atoms with Gasteiger partial charge >= 0.3 is 0 Å². The van der Waals surface area contributed by atoms with Gasteiger partial charge in [-0.15, -0.1) is 11.3 Å². The van der Waals surface area contributed by atoms with Crippen LogP contribution in [0.4, 0.5) is 0 Å². The lowest BCUT2D eigenvalue weighted by molar-refractivity contribution is 0.177. The molecule has 25 heavy (non-hydrogen) atoms. The van der Waals surface area contributed by atoms with Crippen LogP contribution in [0.2, 0.25) is 0 Å². The molecule has 0 aliphatic heterocycles. The van der Waals surface area contributed by atoms with Crippen molar-refractivity contribution in [3.8, 4) is 11.1 Å². The zero-order chi connectivity index (χ0) is 17.2. The molecule has 0 unspecified atom stereocenters.